The molecule has 23 heavy (non-hydrogen) atoms. The van der Waals surface area contributed by atoms with Crippen LogP contribution in [0.5, 0.6) is 0 Å². The highest BCUT2D eigenvalue weighted by Gasteiger charge is 2.40. The second-order valence-electron chi connectivity index (χ2n) is 6.04. The van der Waals surface area contributed by atoms with Crippen LogP contribution < -0.4 is 0 Å². The zero-order valence-electron chi connectivity index (χ0n) is 13.0. The fourth-order valence-electron chi connectivity index (χ4n) is 3.22. The molecule has 0 aliphatic carbocycles. The zero-order chi connectivity index (χ0) is 16.4. The third-order valence-corrected chi connectivity index (χ3v) is 4.42. The summed E-state index contributed by atoms with van der Waals surface area (Å²) in [4.78, 5) is 25.9. The number of hydrogen-bond acceptors (Lipinski definition) is 2. The molecule has 0 saturated carbocycles. The standard InChI is InChI=1S/C19H19NO3/c1-13-6-5-9-15(10-13)18(21)20-11-16(17(12-20)19(22)23)14-7-3-2-4-8-14/h2-10,16-17H,11-12H2,1H3,(H,22,23)/t16-,17-/m0/s1. The summed E-state index contributed by atoms with van der Waals surface area (Å²) in [5.41, 5.74) is 2.60. The first-order valence-electron chi connectivity index (χ1n) is 7.70. The number of amides is 1. The maximum absolute atomic E-state index is 12.7. The van der Waals surface area contributed by atoms with Crippen LogP contribution in [0, 0.1) is 12.8 Å². The Bertz CT molecular complexity index is 726. The molecule has 0 aromatic heterocycles. The van der Waals surface area contributed by atoms with Crippen LogP contribution in [0.25, 0.3) is 0 Å². The summed E-state index contributed by atoms with van der Waals surface area (Å²) < 4.78 is 0. The third-order valence-electron chi connectivity index (χ3n) is 4.42. The summed E-state index contributed by atoms with van der Waals surface area (Å²) in [7, 11) is 0. The maximum atomic E-state index is 12.7. The SMILES string of the molecule is Cc1cccc(C(=O)N2C[C@H](C(=O)O)[C@H](c3ccccc3)C2)c1. The van der Waals surface area contributed by atoms with Gasteiger partial charge in [0, 0.05) is 24.6 Å². The Kier molecular flexibility index (Phi) is 4.15. The van der Waals surface area contributed by atoms with Gasteiger partial charge >= 0.3 is 5.97 Å². The van der Waals surface area contributed by atoms with E-state index in [-0.39, 0.29) is 18.4 Å². The summed E-state index contributed by atoms with van der Waals surface area (Å²) in [6.45, 7) is 2.63. The van der Waals surface area contributed by atoms with Crippen molar-refractivity contribution in [2.75, 3.05) is 13.1 Å². The summed E-state index contributed by atoms with van der Waals surface area (Å²) in [5, 5.41) is 9.52. The highest BCUT2D eigenvalue weighted by molar-refractivity contribution is 5.95. The summed E-state index contributed by atoms with van der Waals surface area (Å²) in [6, 6.07) is 17.0. The van der Waals surface area contributed by atoms with Gasteiger partial charge < -0.3 is 10.0 Å². The van der Waals surface area contributed by atoms with Crippen LogP contribution in [0.15, 0.2) is 54.6 Å². The lowest BCUT2D eigenvalue weighted by Crippen LogP contribution is -2.29. The van der Waals surface area contributed by atoms with Crippen LogP contribution >= 0.6 is 0 Å². The minimum Gasteiger partial charge on any atom is -0.481 e. The van der Waals surface area contributed by atoms with Crippen LogP contribution in [0.3, 0.4) is 0 Å². The molecule has 4 heteroatoms. The van der Waals surface area contributed by atoms with Gasteiger partial charge in [0.15, 0.2) is 0 Å². The Hall–Kier alpha value is -2.62. The lowest BCUT2D eigenvalue weighted by atomic mass is 9.89. The van der Waals surface area contributed by atoms with Crippen LogP contribution in [-0.4, -0.2) is 35.0 Å². The first kappa shape index (κ1) is 15.3. The molecule has 1 N–H and O–H groups in total. The van der Waals surface area contributed by atoms with Crippen molar-refractivity contribution < 1.29 is 14.7 Å². The number of likely N-dealkylation sites (tertiary alicyclic amines) is 1. The van der Waals surface area contributed by atoms with Gasteiger partial charge in [-0.2, -0.15) is 0 Å². The first-order valence-corrected chi connectivity index (χ1v) is 7.70. The molecule has 2 aromatic carbocycles. The van der Waals surface area contributed by atoms with Crippen molar-refractivity contribution in [3.05, 3.63) is 71.3 Å². The fraction of sp³-hybridized carbons (Fsp3) is 0.263. The number of carbonyl (C=O) groups is 2. The van der Waals surface area contributed by atoms with Crippen molar-refractivity contribution in [1.82, 2.24) is 4.90 Å². The van der Waals surface area contributed by atoms with Gasteiger partial charge in [0.1, 0.15) is 0 Å². The van der Waals surface area contributed by atoms with Crippen molar-refractivity contribution in [3.63, 3.8) is 0 Å². The van der Waals surface area contributed by atoms with Gasteiger partial charge in [0.05, 0.1) is 5.92 Å². The van der Waals surface area contributed by atoms with E-state index in [1.165, 1.54) is 0 Å². The van der Waals surface area contributed by atoms with Crippen molar-refractivity contribution in [2.45, 2.75) is 12.8 Å². The highest BCUT2D eigenvalue weighted by Crippen LogP contribution is 2.33. The summed E-state index contributed by atoms with van der Waals surface area (Å²) in [5.74, 6) is -1.68. The van der Waals surface area contributed by atoms with E-state index >= 15 is 0 Å². The van der Waals surface area contributed by atoms with Gasteiger partial charge in [-0.15, -0.1) is 0 Å². The highest BCUT2D eigenvalue weighted by atomic mass is 16.4. The molecule has 4 nitrogen and oxygen atoms in total. The second-order valence-corrected chi connectivity index (χ2v) is 6.04. The van der Waals surface area contributed by atoms with Crippen molar-refractivity contribution in [2.24, 2.45) is 5.92 Å². The van der Waals surface area contributed by atoms with Gasteiger partial charge in [0.2, 0.25) is 0 Å². The molecule has 1 fully saturated rings. The number of carboxylic acid groups (broad SMARTS) is 1. The first-order chi connectivity index (χ1) is 11.1. The van der Waals surface area contributed by atoms with Gasteiger partial charge in [0.25, 0.3) is 5.91 Å². The van der Waals surface area contributed by atoms with Gasteiger partial charge in [-0.3, -0.25) is 9.59 Å². The molecule has 1 heterocycles. The summed E-state index contributed by atoms with van der Waals surface area (Å²) in [6.07, 6.45) is 0. The predicted octanol–water partition coefficient (Wildman–Crippen LogP) is 2.94. The average molecular weight is 309 g/mol. The number of aliphatic carboxylic acids is 1. The Morgan fingerprint density at radius 3 is 2.43 bits per heavy atom. The molecule has 0 bridgehead atoms. The smallest absolute Gasteiger partial charge is 0.308 e. The number of rotatable bonds is 3. The molecule has 2 atom stereocenters. The van der Waals surface area contributed by atoms with Crippen LogP contribution in [0.4, 0.5) is 0 Å². The van der Waals surface area contributed by atoms with Gasteiger partial charge in [-0.25, -0.2) is 0 Å². The number of hydrogen-bond donors (Lipinski definition) is 1. The number of aryl methyl sites for hydroxylation is 1. The molecular weight excluding hydrogens is 290 g/mol. The average Bonchev–Trinajstić information content (AvgIpc) is 3.00. The predicted molar refractivity (Wildman–Crippen MR) is 87.4 cm³/mol. The quantitative estimate of drug-likeness (QED) is 0.948. The van der Waals surface area contributed by atoms with Crippen molar-refractivity contribution >= 4 is 11.9 Å². The number of nitrogens with zero attached hydrogens (tertiary/aromatic N) is 1. The molecular formula is C19H19NO3. The molecule has 2 aromatic rings. The normalized spacial score (nSPS) is 20.5. The Balaban J connectivity index is 1.86. The molecule has 1 amide bonds. The van der Waals surface area contributed by atoms with E-state index in [0.717, 1.165) is 11.1 Å². The molecule has 1 aliphatic rings. The lowest BCUT2D eigenvalue weighted by molar-refractivity contribution is -0.141. The van der Waals surface area contributed by atoms with Gasteiger partial charge in [-0.1, -0.05) is 48.0 Å². The van der Waals surface area contributed by atoms with Crippen molar-refractivity contribution in [1.29, 1.82) is 0 Å². The zero-order valence-corrected chi connectivity index (χ0v) is 13.0. The molecule has 3 rings (SSSR count). The van der Waals surface area contributed by atoms with E-state index in [2.05, 4.69) is 0 Å². The molecule has 118 valence electrons. The van der Waals surface area contributed by atoms with E-state index in [9.17, 15) is 14.7 Å². The van der Waals surface area contributed by atoms with Crippen molar-refractivity contribution in [3.8, 4) is 0 Å². The number of benzene rings is 2. The monoisotopic (exact) mass is 309 g/mol. The Labute approximate surface area is 135 Å². The minimum atomic E-state index is -0.849. The molecule has 0 radical (unpaired) electrons. The van der Waals surface area contributed by atoms with Crippen LogP contribution in [0.2, 0.25) is 0 Å². The minimum absolute atomic E-state index is 0.0987. The second kappa shape index (κ2) is 6.24. The molecule has 0 spiro atoms. The Morgan fingerprint density at radius 2 is 1.78 bits per heavy atom. The number of carbonyl (C=O) groups excluding carboxylic acids is 1. The summed E-state index contributed by atoms with van der Waals surface area (Å²) >= 11 is 0. The van der Waals surface area contributed by atoms with E-state index in [4.69, 9.17) is 0 Å². The fourth-order valence-corrected chi connectivity index (χ4v) is 3.22. The topological polar surface area (TPSA) is 57.6 Å². The van der Waals surface area contributed by atoms with E-state index in [1.54, 1.807) is 11.0 Å². The van der Waals surface area contributed by atoms with E-state index in [1.807, 2.05) is 55.5 Å². The molecule has 1 saturated heterocycles. The molecule has 0 unspecified atom stereocenters. The van der Waals surface area contributed by atoms with Crippen LogP contribution in [-0.2, 0) is 4.79 Å². The lowest BCUT2D eigenvalue weighted by Gasteiger charge is -2.17. The number of carboxylic acids is 1. The van der Waals surface area contributed by atoms with E-state index in [0.29, 0.717) is 12.1 Å². The van der Waals surface area contributed by atoms with E-state index < -0.39 is 11.9 Å². The Morgan fingerprint density at radius 1 is 1.04 bits per heavy atom. The van der Waals surface area contributed by atoms with Gasteiger partial charge in [-0.05, 0) is 24.6 Å². The van der Waals surface area contributed by atoms with Crippen LogP contribution in [0.1, 0.15) is 27.4 Å². The molecule has 1 aliphatic heterocycles. The third kappa shape index (κ3) is 3.11. The largest absolute Gasteiger partial charge is 0.481 e. The maximum Gasteiger partial charge on any atom is 0.308 e.